The highest BCUT2D eigenvalue weighted by atomic mass is 16.6. The Balaban J connectivity index is 1.67. The maximum Gasteiger partial charge on any atom is 0.161 e. The molecule has 0 spiro atoms. The molecular formula is C23H31NO4. The molecule has 0 aromatic heterocycles. The van der Waals surface area contributed by atoms with Crippen molar-refractivity contribution in [3.05, 3.63) is 42.5 Å². The van der Waals surface area contributed by atoms with Crippen LogP contribution in [0.5, 0.6) is 23.0 Å². The molecule has 28 heavy (non-hydrogen) atoms. The average molecular weight is 386 g/mol. The topological polar surface area (TPSA) is 49.0 Å². The largest absolute Gasteiger partial charge is 0.491 e. The lowest BCUT2D eigenvalue weighted by Gasteiger charge is -2.27. The van der Waals surface area contributed by atoms with E-state index in [0.717, 1.165) is 54.4 Å². The van der Waals surface area contributed by atoms with Crippen LogP contribution in [0.4, 0.5) is 5.69 Å². The molecule has 2 aromatic carbocycles. The quantitative estimate of drug-likeness (QED) is 0.532. The maximum absolute atomic E-state index is 6.06. The lowest BCUT2D eigenvalue weighted by molar-refractivity contribution is 0.0996. The van der Waals surface area contributed by atoms with Gasteiger partial charge in [0.05, 0.1) is 19.8 Å². The molecule has 1 aliphatic rings. The third kappa shape index (κ3) is 5.47. The molecule has 0 aliphatic carbocycles. The molecule has 0 bridgehead atoms. The fourth-order valence-electron chi connectivity index (χ4n) is 2.96. The summed E-state index contributed by atoms with van der Waals surface area (Å²) < 4.78 is 23.9. The summed E-state index contributed by atoms with van der Waals surface area (Å²) in [6, 6.07) is 13.7. The molecular weight excluding hydrogens is 354 g/mol. The summed E-state index contributed by atoms with van der Waals surface area (Å²) >= 11 is 0. The van der Waals surface area contributed by atoms with Gasteiger partial charge in [0, 0.05) is 0 Å². The van der Waals surface area contributed by atoms with Crippen molar-refractivity contribution in [2.24, 2.45) is 0 Å². The third-order valence-corrected chi connectivity index (χ3v) is 4.57. The van der Waals surface area contributed by atoms with Crippen LogP contribution in [0.25, 0.3) is 0 Å². The number of fused-ring (bicyclic) bond motifs is 1. The Morgan fingerprint density at radius 2 is 1.54 bits per heavy atom. The van der Waals surface area contributed by atoms with Crippen LogP contribution in [0.15, 0.2) is 42.5 Å². The first-order chi connectivity index (χ1) is 13.8. The average Bonchev–Trinajstić information content (AvgIpc) is 2.73. The van der Waals surface area contributed by atoms with Gasteiger partial charge in [-0.3, -0.25) is 0 Å². The predicted molar refractivity (Wildman–Crippen MR) is 112 cm³/mol. The van der Waals surface area contributed by atoms with Gasteiger partial charge in [0.15, 0.2) is 11.5 Å². The van der Waals surface area contributed by atoms with Crippen LogP contribution in [0.2, 0.25) is 0 Å². The molecule has 3 rings (SSSR count). The first-order valence-corrected chi connectivity index (χ1v) is 10.3. The summed E-state index contributed by atoms with van der Waals surface area (Å²) in [5.41, 5.74) is 0.886. The highest BCUT2D eigenvalue weighted by Gasteiger charge is 2.21. The Morgan fingerprint density at radius 3 is 2.18 bits per heavy atom. The van der Waals surface area contributed by atoms with Crippen LogP contribution in [0.1, 0.15) is 39.5 Å². The molecule has 0 unspecified atom stereocenters. The second kappa shape index (κ2) is 10.7. The normalized spacial score (nSPS) is 15.1. The summed E-state index contributed by atoms with van der Waals surface area (Å²) in [5, 5.41) is 3.48. The summed E-state index contributed by atoms with van der Waals surface area (Å²) in [4.78, 5) is 0. The Bertz CT molecular complexity index is 706. The second-order valence-corrected chi connectivity index (χ2v) is 6.91. The fourth-order valence-corrected chi connectivity index (χ4v) is 2.96. The van der Waals surface area contributed by atoms with Crippen molar-refractivity contribution in [3.8, 4) is 23.0 Å². The Morgan fingerprint density at radius 1 is 0.893 bits per heavy atom. The van der Waals surface area contributed by atoms with E-state index in [1.54, 1.807) is 0 Å². The molecule has 0 fully saturated rings. The van der Waals surface area contributed by atoms with E-state index in [-0.39, 0.29) is 6.10 Å². The number of anilines is 1. The van der Waals surface area contributed by atoms with Gasteiger partial charge >= 0.3 is 0 Å². The zero-order valence-corrected chi connectivity index (χ0v) is 16.9. The van der Waals surface area contributed by atoms with Gasteiger partial charge in [-0.2, -0.15) is 0 Å². The van der Waals surface area contributed by atoms with E-state index >= 15 is 0 Å². The van der Waals surface area contributed by atoms with Gasteiger partial charge in [0.2, 0.25) is 0 Å². The number of benzene rings is 2. The standard InChI is InChI=1S/C23H31NO4/c1-3-5-14-25-21-12-9-13-22(26-15-6-4-2)23(21)24-16-18-17-27-19-10-7-8-11-20(19)28-18/h7-13,18,24H,3-6,14-17H2,1-2H3/t18-/m0/s1. The molecule has 5 nitrogen and oxygen atoms in total. The van der Waals surface area contributed by atoms with E-state index < -0.39 is 0 Å². The zero-order valence-electron chi connectivity index (χ0n) is 16.9. The minimum Gasteiger partial charge on any atom is -0.491 e. The Labute approximate surface area is 168 Å². The van der Waals surface area contributed by atoms with Crippen LogP contribution in [-0.4, -0.2) is 32.5 Å². The number of hydrogen-bond acceptors (Lipinski definition) is 5. The predicted octanol–water partition coefficient (Wildman–Crippen LogP) is 5.30. The number of ether oxygens (including phenoxy) is 4. The first-order valence-electron chi connectivity index (χ1n) is 10.3. The van der Waals surface area contributed by atoms with Gasteiger partial charge < -0.3 is 24.3 Å². The Hall–Kier alpha value is -2.56. The minimum atomic E-state index is -0.0814. The van der Waals surface area contributed by atoms with Crippen molar-refractivity contribution >= 4 is 5.69 Å². The van der Waals surface area contributed by atoms with Crippen molar-refractivity contribution < 1.29 is 18.9 Å². The number of para-hydroxylation sites is 3. The van der Waals surface area contributed by atoms with Gasteiger partial charge in [-0.25, -0.2) is 0 Å². The minimum absolute atomic E-state index is 0.0814. The molecule has 1 atom stereocenters. The lowest BCUT2D eigenvalue weighted by atomic mass is 10.2. The highest BCUT2D eigenvalue weighted by Crippen LogP contribution is 2.36. The monoisotopic (exact) mass is 385 g/mol. The molecule has 2 aromatic rings. The van der Waals surface area contributed by atoms with E-state index in [9.17, 15) is 0 Å². The van der Waals surface area contributed by atoms with Crippen LogP contribution in [0.3, 0.4) is 0 Å². The van der Waals surface area contributed by atoms with E-state index in [1.165, 1.54) is 0 Å². The molecule has 0 saturated heterocycles. The van der Waals surface area contributed by atoms with Gasteiger partial charge in [-0.05, 0) is 37.1 Å². The number of rotatable bonds is 11. The molecule has 0 amide bonds. The molecule has 1 heterocycles. The van der Waals surface area contributed by atoms with Crippen LogP contribution in [0, 0.1) is 0 Å². The highest BCUT2D eigenvalue weighted by molar-refractivity contribution is 5.66. The second-order valence-electron chi connectivity index (χ2n) is 6.91. The van der Waals surface area contributed by atoms with Crippen molar-refractivity contribution in [1.82, 2.24) is 0 Å². The first kappa shape index (κ1) is 20.2. The number of unbranched alkanes of at least 4 members (excludes halogenated alkanes) is 2. The summed E-state index contributed by atoms with van der Waals surface area (Å²) in [7, 11) is 0. The third-order valence-electron chi connectivity index (χ3n) is 4.57. The van der Waals surface area contributed by atoms with Gasteiger partial charge in [0.25, 0.3) is 0 Å². The molecule has 1 aliphatic heterocycles. The maximum atomic E-state index is 6.06. The van der Waals surface area contributed by atoms with Crippen molar-refractivity contribution in [3.63, 3.8) is 0 Å². The smallest absolute Gasteiger partial charge is 0.161 e. The lowest BCUT2D eigenvalue weighted by Crippen LogP contribution is -2.35. The molecule has 152 valence electrons. The Kier molecular flexibility index (Phi) is 7.71. The van der Waals surface area contributed by atoms with E-state index in [4.69, 9.17) is 18.9 Å². The van der Waals surface area contributed by atoms with Crippen molar-refractivity contribution in [1.29, 1.82) is 0 Å². The molecule has 1 N–H and O–H groups in total. The summed E-state index contributed by atoms with van der Waals surface area (Å²) in [5.74, 6) is 3.22. The molecule has 0 radical (unpaired) electrons. The van der Waals surface area contributed by atoms with Gasteiger partial charge in [-0.1, -0.05) is 44.9 Å². The molecule has 5 heteroatoms. The zero-order chi connectivity index (χ0) is 19.6. The summed E-state index contributed by atoms with van der Waals surface area (Å²) in [6.07, 6.45) is 4.17. The summed E-state index contributed by atoms with van der Waals surface area (Å²) in [6.45, 7) is 6.82. The van der Waals surface area contributed by atoms with Gasteiger partial charge in [-0.15, -0.1) is 0 Å². The van der Waals surface area contributed by atoms with E-state index in [0.29, 0.717) is 26.4 Å². The van der Waals surface area contributed by atoms with Crippen molar-refractivity contribution in [2.45, 2.75) is 45.6 Å². The van der Waals surface area contributed by atoms with Crippen LogP contribution < -0.4 is 24.3 Å². The van der Waals surface area contributed by atoms with E-state index in [1.807, 2.05) is 42.5 Å². The fraction of sp³-hybridized carbons (Fsp3) is 0.478. The number of nitrogens with one attached hydrogen (secondary N) is 1. The van der Waals surface area contributed by atoms with Crippen LogP contribution in [-0.2, 0) is 0 Å². The van der Waals surface area contributed by atoms with Gasteiger partial charge in [0.1, 0.15) is 29.9 Å². The SMILES string of the molecule is CCCCOc1cccc(OCCCC)c1NC[C@H]1COc2ccccc2O1. The van der Waals surface area contributed by atoms with Crippen molar-refractivity contribution in [2.75, 3.05) is 31.7 Å². The molecule has 0 saturated carbocycles. The number of hydrogen-bond donors (Lipinski definition) is 1. The van der Waals surface area contributed by atoms with E-state index in [2.05, 4.69) is 19.2 Å². The van der Waals surface area contributed by atoms with Crippen LogP contribution >= 0.6 is 0 Å².